The van der Waals surface area contributed by atoms with Crippen LogP contribution in [-0.2, 0) is 18.8 Å². The fraction of sp³-hybridized carbons (Fsp3) is 1.00. The summed E-state index contributed by atoms with van der Waals surface area (Å²) in [5.74, 6) is 0. The SMILES string of the molecule is CCC(C)(C)C(C)(C)C(C)(N)N.COS(=O)(=O)OC. The molecule has 0 aliphatic rings. The summed E-state index contributed by atoms with van der Waals surface area (Å²) in [5.41, 5.74) is 11.4. The molecule has 0 atom stereocenters. The van der Waals surface area contributed by atoms with Crippen molar-refractivity contribution in [3.63, 3.8) is 0 Å². The summed E-state index contributed by atoms with van der Waals surface area (Å²) >= 11 is 0. The van der Waals surface area contributed by atoms with Gasteiger partial charge in [0, 0.05) is 5.41 Å². The summed E-state index contributed by atoms with van der Waals surface area (Å²) in [7, 11) is -1.60. The summed E-state index contributed by atoms with van der Waals surface area (Å²) in [6.07, 6.45) is 1.09. The van der Waals surface area contributed by atoms with Gasteiger partial charge in [0.15, 0.2) is 0 Å². The smallest absolute Gasteiger partial charge is 0.313 e. The minimum absolute atomic E-state index is 0.0608. The van der Waals surface area contributed by atoms with Gasteiger partial charge in [-0.3, -0.25) is 8.37 Å². The lowest BCUT2D eigenvalue weighted by Crippen LogP contribution is -2.62. The molecule has 118 valence electrons. The molecule has 0 aromatic carbocycles. The van der Waals surface area contributed by atoms with Gasteiger partial charge in [0.25, 0.3) is 0 Å². The van der Waals surface area contributed by atoms with E-state index in [1.165, 1.54) is 0 Å². The zero-order valence-electron chi connectivity index (χ0n) is 13.4. The van der Waals surface area contributed by atoms with E-state index >= 15 is 0 Å². The molecule has 0 aromatic rings. The van der Waals surface area contributed by atoms with Crippen molar-refractivity contribution in [1.29, 1.82) is 0 Å². The monoisotopic (exact) mass is 298 g/mol. The van der Waals surface area contributed by atoms with Gasteiger partial charge >= 0.3 is 10.4 Å². The Morgan fingerprint density at radius 3 is 1.32 bits per heavy atom. The first-order valence-electron chi connectivity index (χ1n) is 6.12. The van der Waals surface area contributed by atoms with E-state index in [0.717, 1.165) is 20.6 Å². The van der Waals surface area contributed by atoms with Gasteiger partial charge in [0.1, 0.15) is 0 Å². The van der Waals surface area contributed by atoms with Crippen LogP contribution in [0.15, 0.2) is 0 Å². The summed E-state index contributed by atoms with van der Waals surface area (Å²) in [5, 5.41) is 0. The summed E-state index contributed by atoms with van der Waals surface area (Å²) in [4.78, 5) is 0. The molecule has 0 bridgehead atoms. The molecule has 0 radical (unpaired) electrons. The minimum Gasteiger partial charge on any atom is -0.313 e. The standard InChI is InChI=1S/C10H24N2.C2H6O4S/c1-7-8(2,3)9(4,5)10(6,11)12;1-5-7(3,4)6-2/h7,11-12H2,1-6H3;1-2H3. The fourth-order valence-corrected chi connectivity index (χ4v) is 1.38. The van der Waals surface area contributed by atoms with Gasteiger partial charge in [-0.1, -0.05) is 41.0 Å². The van der Waals surface area contributed by atoms with Crippen molar-refractivity contribution in [2.45, 2.75) is 53.6 Å². The average molecular weight is 298 g/mol. The Bertz CT molecular complexity index is 346. The first kappa shape index (κ1) is 21.1. The van der Waals surface area contributed by atoms with Crippen molar-refractivity contribution in [1.82, 2.24) is 0 Å². The van der Waals surface area contributed by atoms with E-state index in [1.807, 2.05) is 6.92 Å². The molecule has 0 aliphatic heterocycles. The molecule has 0 saturated heterocycles. The second kappa shape index (κ2) is 6.99. The third-order valence-electron chi connectivity index (χ3n) is 4.33. The van der Waals surface area contributed by atoms with E-state index in [0.29, 0.717) is 0 Å². The zero-order chi connectivity index (χ0) is 16.1. The highest BCUT2D eigenvalue weighted by Crippen LogP contribution is 2.45. The Hall–Kier alpha value is -0.210. The Morgan fingerprint density at radius 2 is 1.26 bits per heavy atom. The largest absolute Gasteiger partial charge is 0.399 e. The molecule has 0 spiro atoms. The van der Waals surface area contributed by atoms with Gasteiger partial charge in [-0.05, 0) is 12.3 Å². The van der Waals surface area contributed by atoms with E-state index in [4.69, 9.17) is 11.5 Å². The topological polar surface area (TPSA) is 105 Å². The average Bonchev–Trinajstić information content (AvgIpc) is 2.28. The Morgan fingerprint density at radius 1 is 0.947 bits per heavy atom. The van der Waals surface area contributed by atoms with Gasteiger partial charge in [0.05, 0.1) is 19.9 Å². The lowest BCUT2D eigenvalue weighted by Gasteiger charge is -2.49. The molecule has 0 heterocycles. The van der Waals surface area contributed by atoms with Crippen molar-refractivity contribution < 1.29 is 16.8 Å². The van der Waals surface area contributed by atoms with Crippen molar-refractivity contribution in [3.8, 4) is 0 Å². The Balaban J connectivity index is 0. The van der Waals surface area contributed by atoms with E-state index in [1.54, 1.807) is 0 Å². The molecular formula is C12H30N2O4S. The molecule has 0 aliphatic carbocycles. The summed E-state index contributed by atoms with van der Waals surface area (Å²) in [6, 6.07) is 0. The third kappa shape index (κ3) is 6.18. The maximum absolute atomic E-state index is 9.92. The Kier molecular flexibility index (Phi) is 7.76. The highest BCUT2D eigenvalue weighted by molar-refractivity contribution is 7.81. The highest BCUT2D eigenvalue weighted by atomic mass is 32.3. The van der Waals surface area contributed by atoms with Gasteiger partial charge in [-0.15, -0.1) is 0 Å². The molecule has 0 rings (SSSR count). The lowest BCUT2D eigenvalue weighted by atomic mass is 9.60. The predicted molar refractivity (Wildman–Crippen MR) is 77.6 cm³/mol. The number of rotatable bonds is 5. The molecule has 4 N–H and O–H groups in total. The van der Waals surface area contributed by atoms with E-state index < -0.39 is 16.1 Å². The molecular weight excluding hydrogens is 268 g/mol. The van der Waals surface area contributed by atoms with Crippen LogP contribution in [0.1, 0.15) is 48.0 Å². The van der Waals surface area contributed by atoms with Gasteiger partial charge in [-0.2, -0.15) is 8.42 Å². The molecule has 0 fully saturated rings. The van der Waals surface area contributed by atoms with Crippen LogP contribution in [-0.4, -0.2) is 28.3 Å². The summed E-state index contributed by atoms with van der Waals surface area (Å²) < 4.78 is 27.5. The number of nitrogens with two attached hydrogens (primary N) is 2. The van der Waals surface area contributed by atoms with Crippen molar-refractivity contribution in [3.05, 3.63) is 0 Å². The maximum Gasteiger partial charge on any atom is 0.399 e. The maximum atomic E-state index is 9.92. The van der Waals surface area contributed by atoms with Gasteiger partial charge in [0.2, 0.25) is 0 Å². The van der Waals surface area contributed by atoms with Crippen LogP contribution in [0.3, 0.4) is 0 Å². The van der Waals surface area contributed by atoms with E-state index in [-0.39, 0.29) is 10.8 Å². The molecule has 19 heavy (non-hydrogen) atoms. The van der Waals surface area contributed by atoms with Gasteiger partial charge in [-0.25, -0.2) is 0 Å². The second-order valence-corrected chi connectivity index (χ2v) is 7.37. The highest BCUT2D eigenvalue weighted by Gasteiger charge is 2.45. The number of hydrogen-bond donors (Lipinski definition) is 2. The van der Waals surface area contributed by atoms with Crippen LogP contribution >= 0.6 is 0 Å². The van der Waals surface area contributed by atoms with Crippen molar-refractivity contribution in [2.75, 3.05) is 14.2 Å². The second-order valence-electron chi connectivity index (χ2n) is 5.89. The van der Waals surface area contributed by atoms with Crippen LogP contribution in [0.4, 0.5) is 0 Å². The molecule has 0 saturated carbocycles. The quantitative estimate of drug-likeness (QED) is 0.747. The zero-order valence-corrected chi connectivity index (χ0v) is 14.2. The van der Waals surface area contributed by atoms with Crippen LogP contribution in [0.25, 0.3) is 0 Å². The van der Waals surface area contributed by atoms with Gasteiger partial charge < -0.3 is 11.5 Å². The molecule has 7 heteroatoms. The predicted octanol–water partition coefficient (Wildman–Crippen LogP) is 1.61. The van der Waals surface area contributed by atoms with Crippen LogP contribution in [0.2, 0.25) is 0 Å². The molecule has 0 aromatic heterocycles. The summed E-state index contributed by atoms with van der Waals surface area (Å²) in [6.45, 7) is 12.8. The molecule has 0 unspecified atom stereocenters. The number of hydrogen-bond acceptors (Lipinski definition) is 6. The first-order chi connectivity index (χ1) is 8.18. The van der Waals surface area contributed by atoms with Crippen LogP contribution in [0, 0.1) is 10.8 Å². The Labute approximate surface area is 118 Å². The minimum atomic E-state index is -3.66. The first-order valence-corrected chi connectivity index (χ1v) is 7.45. The normalized spacial score (nSPS) is 13.8. The molecule has 0 amide bonds. The lowest BCUT2D eigenvalue weighted by molar-refractivity contribution is 0.0257. The molecule has 6 nitrogen and oxygen atoms in total. The van der Waals surface area contributed by atoms with Crippen molar-refractivity contribution >= 4 is 10.4 Å². The fourth-order valence-electron chi connectivity index (χ4n) is 1.24. The van der Waals surface area contributed by atoms with Crippen LogP contribution < -0.4 is 11.5 Å². The third-order valence-corrected chi connectivity index (χ3v) is 5.15. The van der Waals surface area contributed by atoms with E-state index in [2.05, 4.69) is 43.0 Å². The van der Waals surface area contributed by atoms with Crippen LogP contribution in [0.5, 0.6) is 0 Å². The van der Waals surface area contributed by atoms with Crippen molar-refractivity contribution in [2.24, 2.45) is 22.3 Å². The van der Waals surface area contributed by atoms with E-state index in [9.17, 15) is 8.42 Å².